The number of hydrogen-bond donors (Lipinski definition) is 0. The Labute approximate surface area is 174 Å². The fraction of sp³-hybridized carbons (Fsp3) is 0.375. The number of hydrogen-bond acceptors (Lipinski definition) is 4. The Bertz CT molecular complexity index is 925. The van der Waals surface area contributed by atoms with Crippen molar-refractivity contribution in [2.24, 2.45) is 7.05 Å². The van der Waals surface area contributed by atoms with E-state index in [4.69, 9.17) is 6.11 Å². The molecule has 0 amide bonds. The van der Waals surface area contributed by atoms with Crippen LogP contribution in [0.3, 0.4) is 0 Å². The first-order valence-electron chi connectivity index (χ1n) is 10.7. The van der Waals surface area contributed by atoms with Crippen LogP contribution in [0, 0.1) is 6.92 Å². The molecule has 2 unspecified atom stereocenters. The van der Waals surface area contributed by atoms with Crippen molar-refractivity contribution >= 4 is 6.45 Å². The fourth-order valence-electron chi connectivity index (χ4n) is 3.75. The monoisotopic (exact) mass is 392 g/mol. The quantitative estimate of drug-likeness (QED) is 0.374. The zero-order valence-corrected chi connectivity index (χ0v) is 17.1. The fourth-order valence-corrected chi connectivity index (χ4v) is 3.75. The van der Waals surface area contributed by atoms with E-state index >= 15 is 0 Å². The second-order valence-electron chi connectivity index (χ2n) is 7.52. The van der Waals surface area contributed by atoms with Gasteiger partial charge < -0.3 is 4.74 Å². The molecule has 0 radical (unpaired) electrons. The molecule has 0 saturated carbocycles. The smallest absolute Gasteiger partial charge is 0.293 e. The van der Waals surface area contributed by atoms with E-state index in [1.165, 1.54) is 5.56 Å². The molecule has 0 fully saturated rings. The standard InChI is InChI=1S/C24H29N3O2/c1-19-13-15-21(16-14-19)24(20-9-5-3-6-10-20)23(29-18-28)12-8-4-7-11-22-17-27(2)26-25-22/h3,5-6,9-10,13-18,23-24H,4,7-8,11-12H2,1-2H3/i18D. The van der Waals surface area contributed by atoms with Gasteiger partial charge in [-0.05, 0) is 43.7 Å². The van der Waals surface area contributed by atoms with Crippen molar-refractivity contribution in [2.45, 2.75) is 51.0 Å². The molecule has 2 aromatic carbocycles. The van der Waals surface area contributed by atoms with Gasteiger partial charge in [0.2, 0.25) is 0 Å². The predicted molar refractivity (Wildman–Crippen MR) is 114 cm³/mol. The lowest BCUT2D eigenvalue weighted by atomic mass is 9.84. The van der Waals surface area contributed by atoms with Gasteiger partial charge in [-0.3, -0.25) is 9.48 Å². The van der Waals surface area contributed by atoms with Crippen LogP contribution >= 0.6 is 0 Å². The molecule has 3 rings (SSSR count). The highest BCUT2D eigenvalue weighted by Gasteiger charge is 2.26. The molecule has 0 aliphatic heterocycles. The van der Waals surface area contributed by atoms with Gasteiger partial charge in [-0.25, -0.2) is 0 Å². The van der Waals surface area contributed by atoms with Crippen LogP contribution in [0.25, 0.3) is 0 Å². The van der Waals surface area contributed by atoms with Crippen molar-refractivity contribution in [3.63, 3.8) is 0 Å². The highest BCUT2D eigenvalue weighted by atomic mass is 16.5. The molecule has 0 bridgehead atoms. The van der Waals surface area contributed by atoms with Crippen LogP contribution in [-0.2, 0) is 23.0 Å². The molecule has 0 aliphatic carbocycles. The largest absolute Gasteiger partial charge is 0.464 e. The Morgan fingerprint density at radius 1 is 1.07 bits per heavy atom. The minimum atomic E-state index is -0.979. The van der Waals surface area contributed by atoms with Crippen molar-refractivity contribution in [3.8, 4) is 0 Å². The van der Waals surface area contributed by atoms with E-state index in [0.717, 1.165) is 42.5 Å². The number of carbonyl (C=O) groups is 1. The van der Waals surface area contributed by atoms with E-state index in [-0.39, 0.29) is 12.0 Å². The molecule has 3 aromatic rings. The number of rotatable bonds is 10. The van der Waals surface area contributed by atoms with E-state index in [9.17, 15) is 4.79 Å². The summed E-state index contributed by atoms with van der Waals surface area (Å²) in [5.74, 6) is -0.0962. The summed E-state index contributed by atoms with van der Waals surface area (Å²) in [7, 11) is 1.87. The first-order valence-corrected chi connectivity index (χ1v) is 10.2. The number of unbranched alkanes of at least 4 members (excludes halogenated alkanes) is 2. The first-order chi connectivity index (χ1) is 14.5. The van der Waals surface area contributed by atoms with Crippen molar-refractivity contribution in [1.82, 2.24) is 15.0 Å². The maximum absolute atomic E-state index is 11.6. The number of benzene rings is 2. The molecule has 5 heteroatoms. The molecule has 152 valence electrons. The summed E-state index contributed by atoms with van der Waals surface area (Å²) in [6.45, 7) is 2.06. The third-order valence-corrected chi connectivity index (χ3v) is 5.24. The number of ether oxygens (including phenoxy) is 1. The van der Waals surface area contributed by atoms with Crippen LogP contribution in [-0.4, -0.2) is 27.5 Å². The molecule has 5 nitrogen and oxygen atoms in total. The topological polar surface area (TPSA) is 57.0 Å². The van der Waals surface area contributed by atoms with Crippen LogP contribution in [0.5, 0.6) is 0 Å². The maximum atomic E-state index is 11.6. The second kappa shape index (κ2) is 10.6. The minimum Gasteiger partial charge on any atom is -0.464 e. The van der Waals surface area contributed by atoms with Crippen molar-refractivity contribution in [1.29, 1.82) is 0 Å². The van der Waals surface area contributed by atoms with Gasteiger partial charge in [0.1, 0.15) is 6.10 Å². The SMILES string of the molecule is [2H]C(=O)OC(CCCCCc1cn(C)nn1)C(c1ccccc1)c1ccc(C)cc1. The van der Waals surface area contributed by atoms with E-state index in [1.54, 1.807) is 4.68 Å². The second-order valence-corrected chi connectivity index (χ2v) is 7.52. The maximum Gasteiger partial charge on any atom is 0.293 e. The number of carbonyl (C=O) groups excluding carboxylic acids is 1. The highest BCUT2D eigenvalue weighted by molar-refractivity contribution is 5.40. The molecule has 0 saturated heterocycles. The summed E-state index contributed by atoms with van der Waals surface area (Å²) < 4.78 is 14.6. The van der Waals surface area contributed by atoms with Crippen LogP contribution in [0.2, 0.25) is 0 Å². The van der Waals surface area contributed by atoms with Gasteiger partial charge >= 0.3 is 0 Å². The Balaban J connectivity index is 1.70. The molecule has 29 heavy (non-hydrogen) atoms. The number of aromatic nitrogens is 3. The summed E-state index contributed by atoms with van der Waals surface area (Å²) in [5, 5.41) is 8.08. The molecule has 1 heterocycles. The van der Waals surface area contributed by atoms with Crippen molar-refractivity contribution < 1.29 is 10.9 Å². The molecule has 1 aromatic heterocycles. The number of nitrogens with zero attached hydrogens (tertiary/aromatic N) is 3. The Kier molecular flexibility index (Phi) is 7.05. The third kappa shape index (κ3) is 6.01. The molecule has 2 atom stereocenters. The van der Waals surface area contributed by atoms with Crippen molar-refractivity contribution in [3.05, 3.63) is 83.2 Å². The van der Waals surface area contributed by atoms with Crippen LogP contribution in [0.1, 0.15) is 55.4 Å². The summed E-state index contributed by atoms with van der Waals surface area (Å²) in [6.07, 6.45) is 5.08. The predicted octanol–water partition coefficient (Wildman–Crippen LogP) is 4.60. The summed E-state index contributed by atoms with van der Waals surface area (Å²) in [5.41, 5.74) is 4.36. The Hall–Kier alpha value is -2.95. The molecule has 0 N–H and O–H groups in total. The van der Waals surface area contributed by atoms with Gasteiger partial charge in [-0.15, -0.1) is 5.10 Å². The zero-order chi connectivity index (χ0) is 21.3. The summed E-state index contributed by atoms with van der Waals surface area (Å²) >= 11 is 0. The van der Waals surface area contributed by atoms with Gasteiger partial charge in [-0.2, -0.15) is 0 Å². The molecule has 0 aliphatic rings. The Morgan fingerprint density at radius 3 is 2.45 bits per heavy atom. The van der Waals surface area contributed by atoms with Crippen LogP contribution in [0.4, 0.5) is 0 Å². The van der Waals surface area contributed by atoms with Gasteiger partial charge in [0.05, 0.1) is 5.69 Å². The summed E-state index contributed by atoms with van der Waals surface area (Å²) in [4.78, 5) is 11.6. The average molecular weight is 393 g/mol. The van der Waals surface area contributed by atoms with Crippen molar-refractivity contribution in [2.75, 3.05) is 0 Å². The van der Waals surface area contributed by atoms with Gasteiger partial charge in [0.25, 0.3) is 6.45 Å². The Morgan fingerprint density at radius 2 is 1.79 bits per heavy atom. The zero-order valence-electron chi connectivity index (χ0n) is 18.1. The lowest BCUT2D eigenvalue weighted by Gasteiger charge is -2.27. The average Bonchev–Trinajstić information content (AvgIpc) is 3.14. The third-order valence-electron chi connectivity index (χ3n) is 5.24. The van der Waals surface area contributed by atoms with Crippen LogP contribution < -0.4 is 0 Å². The van der Waals surface area contributed by atoms with E-state index in [1.807, 2.05) is 31.4 Å². The normalized spacial score (nSPS) is 13.5. The minimum absolute atomic E-state index is 0.0962. The van der Waals surface area contributed by atoms with E-state index in [0.29, 0.717) is 6.42 Å². The van der Waals surface area contributed by atoms with Gasteiger partial charge in [-0.1, -0.05) is 71.8 Å². The number of aryl methyl sites for hydroxylation is 3. The molecule has 0 spiro atoms. The van der Waals surface area contributed by atoms with Crippen LogP contribution in [0.15, 0.2) is 60.8 Å². The van der Waals surface area contributed by atoms with E-state index < -0.39 is 6.45 Å². The summed E-state index contributed by atoms with van der Waals surface area (Å²) in [6, 6.07) is 18.4. The van der Waals surface area contributed by atoms with Gasteiger partial charge in [0, 0.05) is 19.2 Å². The molecular weight excluding hydrogens is 362 g/mol. The molecular formula is C24H29N3O2. The van der Waals surface area contributed by atoms with E-state index in [2.05, 4.69) is 53.6 Å². The lowest BCUT2D eigenvalue weighted by Crippen LogP contribution is -2.23. The first kappa shape index (κ1) is 19.4. The van der Waals surface area contributed by atoms with Gasteiger partial charge in [0.15, 0.2) is 1.37 Å². The highest BCUT2D eigenvalue weighted by Crippen LogP contribution is 2.32. The lowest BCUT2D eigenvalue weighted by molar-refractivity contribution is -0.134.